The lowest BCUT2D eigenvalue weighted by Crippen LogP contribution is -2.38. The van der Waals surface area contributed by atoms with Crippen molar-refractivity contribution in [1.82, 2.24) is 20.6 Å². The lowest BCUT2D eigenvalue weighted by atomic mass is 10.7. The SMILES string of the molecule is CNC(=O)NC(=O)CSc1ncccn1. The van der Waals surface area contributed by atoms with Gasteiger partial charge in [0.2, 0.25) is 5.91 Å². The second-order valence-corrected chi connectivity index (χ2v) is 3.39. The van der Waals surface area contributed by atoms with Crippen molar-refractivity contribution in [3.05, 3.63) is 18.5 Å². The van der Waals surface area contributed by atoms with Crippen LogP contribution in [0.4, 0.5) is 4.79 Å². The summed E-state index contributed by atoms with van der Waals surface area (Å²) in [5.74, 6) is -0.274. The second-order valence-electron chi connectivity index (χ2n) is 2.45. The fourth-order valence-electron chi connectivity index (χ4n) is 0.715. The third kappa shape index (κ3) is 4.41. The zero-order chi connectivity index (χ0) is 11.1. The van der Waals surface area contributed by atoms with Crippen molar-refractivity contribution in [2.45, 2.75) is 5.16 Å². The minimum absolute atomic E-state index is 0.109. The maximum absolute atomic E-state index is 11.1. The van der Waals surface area contributed by atoms with E-state index in [1.165, 1.54) is 18.8 Å². The van der Waals surface area contributed by atoms with Crippen LogP contribution in [0.2, 0.25) is 0 Å². The zero-order valence-corrected chi connectivity index (χ0v) is 8.87. The Bertz CT molecular complexity index is 344. The van der Waals surface area contributed by atoms with Gasteiger partial charge in [0.1, 0.15) is 0 Å². The number of nitrogens with one attached hydrogen (secondary N) is 2. The van der Waals surface area contributed by atoms with Crippen molar-refractivity contribution in [3.63, 3.8) is 0 Å². The van der Waals surface area contributed by atoms with Gasteiger partial charge in [0, 0.05) is 19.4 Å². The van der Waals surface area contributed by atoms with Gasteiger partial charge in [0.15, 0.2) is 5.16 Å². The molecule has 1 aromatic heterocycles. The Morgan fingerprint density at radius 2 is 2.07 bits per heavy atom. The van der Waals surface area contributed by atoms with Gasteiger partial charge < -0.3 is 5.32 Å². The molecule has 1 aromatic rings. The molecule has 0 saturated carbocycles. The molecule has 15 heavy (non-hydrogen) atoms. The van der Waals surface area contributed by atoms with Gasteiger partial charge >= 0.3 is 6.03 Å². The van der Waals surface area contributed by atoms with Crippen LogP contribution in [0.15, 0.2) is 23.6 Å². The molecular weight excluding hydrogens is 216 g/mol. The summed E-state index contributed by atoms with van der Waals surface area (Å²) < 4.78 is 0. The first-order valence-electron chi connectivity index (χ1n) is 4.13. The number of hydrogen-bond donors (Lipinski definition) is 2. The van der Waals surface area contributed by atoms with E-state index in [4.69, 9.17) is 0 Å². The Labute approximate surface area is 90.9 Å². The number of carbonyl (C=O) groups excluding carboxylic acids is 2. The zero-order valence-electron chi connectivity index (χ0n) is 8.06. The quantitative estimate of drug-likeness (QED) is 0.561. The van der Waals surface area contributed by atoms with E-state index in [0.717, 1.165) is 0 Å². The number of nitrogens with zero attached hydrogens (tertiary/aromatic N) is 2. The van der Waals surface area contributed by atoms with Crippen LogP contribution in [-0.2, 0) is 4.79 Å². The molecular formula is C8H10N4O2S. The van der Waals surface area contributed by atoms with Crippen LogP contribution in [0.25, 0.3) is 0 Å². The number of hydrogen-bond acceptors (Lipinski definition) is 5. The summed E-state index contributed by atoms with van der Waals surface area (Å²) in [4.78, 5) is 29.7. The van der Waals surface area contributed by atoms with E-state index in [2.05, 4.69) is 20.6 Å². The number of imide groups is 1. The smallest absolute Gasteiger partial charge is 0.321 e. The topological polar surface area (TPSA) is 84.0 Å². The van der Waals surface area contributed by atoms with Crippen molar-refractivity contribution in [2.75, 3.05) is 12.8 Å². The minimum atomic E-state index is -0.519. The molecule has 1 rings (SSSR count). The Morgan fingerprint density at radius 1 is 1.40 bits per heavy atom. The van der Waals surface area contributed by atoms with Gasteiger partial charge in [-0.1, -0.05) is 11.8 Å². The van der Waals surface area contributed by atoms with Gasteiger partial charge in [-0.15, -0.1) is 0 Å². The largest absolute Gasteiger partial charge is 0.341 e. The van der Waals surface area contributed by atoms with Crippen molar-refractivity contribution in [3.8, 4) is 0 Å². The van der Waals surface area contributed by atoms with Crippen LogP contribution in [0.1, 0.15) is 0 Å². The van der Waals surface area contributed by atoms with Crippen LogP contribution in [-0.4, -0.2) is 34.7 Å². The monoisotopic (exact) mass is 226 g/mol. The fraction of sp³-hybridized carbons (Fsp3) is 0.250. The van der Waals surface area contributed by atoms with E-state index in [0.29, 0.717) is 5.16 Å². The molecule has 0 spiro atoms. The predicted octanol–water partition coefficient (Wildman–Crippen LogP) is 0.0243. The summed E-state index contributed by atoms with van der Waals surface area (Å²) in [6.45, 7) is 0. The summed E-state index contributed by atoms with van der Waals surface area (Å²) in [6, 6.07) is 1.17. The van der Waals surface area contributed by atoms with Crippen LogP contribution < -0.4 is 10.6 Å². The molecule has 2 N–H and O–H groups in total. The Hall–Kier alpha value is -1.63. The van der Waals surface area contributed by atoms with Gasteiger partial charge in [0.25, 0.3) is 0 Å². The molecule has 0 aliphatic rings. The molecule has 0 unspecified atom stereocenters. The second kappa shape index (κ2) is 5.97. The van der Waals surface area contributed by atoms with Crippen molar-refractivity contribution < 1.29 is 9.59 Å². The average molecular weight is 226 g/mol. The first kappa shape index (κ1) is 11.4. The van der Waals surface area contributed by atoms with Crippen molar-refractivity contribution >= 4 is 23.7 Å². The van der Waals surface area contributed by atoms with E-state index >= 15 is 0 Å². The van der Waals surface area contributed by atoms with Gasteiger partial charge in [-0.2, -0.15) is 0 Å². The molecule has 0 atom stereocenters. The molecule has 3 amide bonds. The van der Waals surface area contributed by atoms with Gasteiger partial charge in [-0.25, -0.2) is 14.8 Å². The van der Waals surface area contributed by atoms with Gasteiger partial charge in [0.05, 0.1) is 5.75 Å². The van der Waals surface area contributed by atoms with E-state index < -0.39 is 6.03 Å². The summed E-state index contributed by atoms with van der Waals surface area (Å²) in [5, 5.41) is 4.92. The standard InChI is InChI=1S/C8H10N4O2S/c1-9-7(14)12-6(13)5-15-8-10-3-2-4-11-8/h2-4H,5H2,1H3,(H2,9,12,13,14). The molecule has 7 heteroatoms. The highest BCUT2D eigenvalue weighted by Gasteiger charge is 2.06. The number of rotatable bonds is 3. The highest BCUT2D eigenvalue weighted by molar-refractivity contribution is 7.99. The molecule has 0 saturated heterocycles. The number of carbonyl (C=O) groups is 2. The maximum atomic E-state index is 11.1. The van der Waals surface area contributed by atoms with Gasteiger partial charge in [-0.3, -0.25) is 10.1 Å². The van der Waals surface area contributed by atoms with Gasteiger partial charge in [-0.05, 0) is 6.07 Å². The third-order valence-corrected chi connectivity index (χ3v) is 2.23. The number of aromatic nitrogens is 2. The van der Waals surface area contributed by atoms with Crippen LogP contribution in [0.5, 0.6) is 0 Å². The maximum Gasteiger partial charge on any atom is 0.321 e. The third-order valence-electron chi connectivity index (χ3n) is 1.35. The highest BCUT2D eigenvalue weighted by atomic mass is 32.2. The lowest BCUT2D eigenvalue weighted by Gasteiger charge is -2.01. The molecule has 80 valence electrons. The van der Waals surface area contributed by atoms with Crippen molar-refractivity contribution in [2.24, 2.45) is 0 Å². The van der Waals surface area contributed by atoms with E-state index in [1.54, 1.807) is 18.5 Å². The summed E-state index contributed by atoms with van der Waals surface area (Å²) in [6.07, 6.45) is 3.18. The lowest BCUT2D eigenvalue weighted by molar-refractivity contribution is -0.117. The molecule has 0 radical (unpaired) electrons. The first-order valence-corrected chi connectivity index (χ1v) is 5.12. The van der Waals surface area contributed by atoms with E-state index in [1.807, 2.05) is 0 Å². The molecule has 1 heterocycles. The minimum Gasteiger partial charge on any atom is -0.341 e. The predicted molar refractivity (Wildman–Crippen MR) is 55.4 cm³/mol. The summed E-state index contributed by atoms with van der Waals surface area (Å²) >= 11 is 1.17. The molecule has 0 aliphatic carbocycles. The summed E-state index contributed by atoms with van der Waals surface area (Å²) in [5.41, 5.74) is 0. The normalized spacial score (nSPS) is 9.40. The Balaban J connectivity index is 2.32. The van der Waals surface area contributed by atoms with Crippen LogP contribution >= 0.6 is 11.8 Å². The van der Waals surface area contributed by atoms with Crippen LogP contribution in [0.3, 0.4) is 0 Å². The molecule has 0 fully saturated rings. The Kier molecular flexibility index (Phi) is 4.55. The van der Waals surface area contributed by atoms with E-state index in [-0.39, 0.29) is 11.7 Å². The molecule has 0 aromatic carbocycles. The number of urea groups is 1. The first-order chi connectivity index (χ1) is 7.22. The van der Waals surface area contributed by atoms with Crippen molar-refractivity contribution in [1.29, 1.82) is 0 Å². The Morgan fingerprint density at radius 3 is 2.67 bits per heavy atom. The number of thioether (sulfide) groups is 1. The van der Waals surface area contributed by atoms with Crippen LogP contribution in [0, 0.1) is 0 Å². The molecule has 0 bridgehead atoms. The van der Waals surface area contributed by atoms with E-state index in [9.17, 15) is 9.59 Å². The average Bonchev–Trinajstić information content (AvgIpc) is 2.27. The molecule has 6 nitrogen and oxygen atoms in total. The molecule has 0 aliphatic heterocycles. The highest BCUT2D eigenvalue weighted by Crippen LogP contribution is 2.09. The summed E-state index contributed by atoms with van der Waals surface area (Å²) in [7, 11) is 1.44. The number of amides is 3. The fourth-order valence-corrected chi connectivity index (χ4v) is 1.32.